The number of benzene rings is 1. The average molecular weight is 307 g/mol. The van der Waals surface area contributed by atoms with Gasteiger partial charge in [0.2, 0.25) is 0 Å². The van der Waals surface area contributed by atoms with Crippen LogP contribution in [0.3, 0.4) is 0 Å². The number of likely N-dealkylation sites (tertiary alicyclic amines) is 1. The van der Waals surface area contributed by atoms with Crippen LogP contribution in [0.1, 0.15) is 23.7 Å². The fourth-order valence-corrected chi connectivity index (χ4v) is 2.37. The molecule has 1 saturated heterocycles. The van der Waals surface area contributed by atoms with E-state index in [1.54, 1.807) is 4.90 Å². The molecule has 1 aromatic carbocycles. The Kier molecular flexibility index (Phi) is 5.18. The second-order valence-corrected chi connectivity index (χ2v) is 5.55. The Bertz CT molecular complexity index is 484. The van der Waals surface area contributed by atoms with Crippen molar-refractivity contribution in [2.45, 2.75) is 13.3 Å². The number of nitrogens with two attached hydrogens (primary N) is 1. The van der Waals surface area contributed by atoms with Gasteiger partial charge in [0.1, 0.15) is 5.82 Å². The van der Waals surface area contributed by atoms with Gasteiger partial charge in [-0.25, -0.2) is 4.39 Å². The Balaban J connectivity index is 0.00000180. The summed E-state index contributed by atoms with van der Waals surface area (Å²) in [7, 11) is 0. The minimum absolute atomic E-state index is 0. The SMILES string of the molecule is CC1(CN)CCN(C(=O)c2cc(Cl)ccc2F)C1.Cl. The Hall–Kier alpha value is -0.840. The summed E-state index contributed by atoms with van der Waals surface area (Å²) in [6, 6.07) is 4.02. The third-order valence-corrected chi connectivity index (χ3v) is 3.73. The van der Waals surface area contributed by atoms with Gasteiger partial charge < -0.3 is 10.6 Å². The summed E-state index contributed by atoms with van der Waals surface area (Å²) < 4.78 is 13.6. The highest BCUT2D eigenvalue weighted by atomic mass is 35.5. The lowest BCUT2D eigenvalue weighted by Crippen LogP contribution is -2.34. The molecule has 2 rings (SSSR count). The van der Waals surface area contributed by atoms with Crippen molar-refractivity contribution in [2.75, 3.05) is 19.6 Å². The molecule has 1 unspecified atom stereocenters. The molecular formula is C13H17Cl2FN2O. The molecule has 1 amide bonds. The number of hydrogen-bond acceptors (Lipinski definition) is 2. The van der Waals surface area contributed by atoms with Gasteiger partial charge in [-0.1, -0.05) is 18.5 Å². The number of rotatable bonds is 2. The second kappa shape index (κ2) is 6.07. The number of carbonyl (C=O) groups is 1. The number of hydrogen-bond donors (Lipinski definition) is 1. The van der Waals surface area contributed by atoms with Gasteiger partial charge in [-0.05, 0) is 36.6 Å². The van der Waals surface area contributed by atoms with Gasteiger partial charge in [0.05, 0.1) is 5.56 Å². The fourth-order valence-electron chi connectivity index (χ4n) is 2.20. The highest BCUT2D eigenvalue weighted by Crippen LogP contribution is 2.30. The maximum Gasteiger partial charge on any atom is 0.256 e. The van der Waals surface area contributed by atoms with Crippen LogP contribution in [0.25, 0.3) is 0 Å². The third kappa shape index (κ3) is 3.38. The van der Waals surface area contributed by atoms with Crippen LogP contribution in [0.4, 0.5) is 4.39 Å². The lowest BCUT2D eigenvalue weighted by molar-refractivity contribution is 0.0772. The first-order chi connectivity index (χ1) is 8.45. The molecule has 106 valence electrons. The summed E-state index contributed by atoms with van der Waals surface area (Å²) in [6.07, 6.45) is 0.845. The third-order valence-electron chi connectivity index (χ3n) is 3.50. The van der Waals surface area contributed by atoms with Crippen LogP contribution in [-0.4, -0.2) is 30.4 Å². The van der Waals surface area contributed by atoms with E-state index in [-0.39, 0.29) is 29.3 Å². The van der Waals surface area contributed by atoms with Crippen LogP contribution >= 0.6 is 24.0 Å². The van der Waals surface area contributed by atoms with Gasteiger partial charge in [-0.2, -0.15) is 0 Å². The summed E-state index contributed by atoms with van der Waals surface area (Å²) in [5, 5.41) is 0.362. The van der Waals surface area contributed by atoms with Crippen molar-refractivity contribution < 1.29 is 9.18 Å². The molecule has 1 atom stereocenters. The predicted octanol–water partition coefficient (Wildman–Crippen LogP) is 2.71. The van der Waals surface area contributed by atoms with Gasteiger partial charge in [0.25, 0.3) is 5.91 Å². The number of halogens is 3. The zero-order chi connectivity index (χ0) is 13.3. The molecule has 0 aliphatic carbocycles. The molecule has 19 heavy (non-hydrogen) atoms. The first kappa shape index (κ1) is 16.2. The smallest absolute Gasteiger partial charge is 0.256 e. The molecule has 1 aromatic rings. The number of carbonyl (C=O) groups excluding carboxylic acids is 1. The monoisotopic (exact) mass is 306 g/mol. The minimum Gasteiger partial charge on any atom is -0.338 e. The van der Waals surface area contributed by atoms with E-state index in [2.05, 4.69) is 0 Å². The molecule has 0 aromatic heterocycles. The number of nitrogens with zero attached hydrogens (tertiary/aromatic N) is 1. The summed E-state index contributed by atoms with van der Waals surface area (Å²) in [5.74, 6) is -0.849. The topological polar surface area (TPSA) is 46.3 Å². The Morgan fingerprint density at radius 2 is 2.26 bits per heavy atom. The van der Waals surface area contributed by atoms with E-state index >= 15 is 0 Å². The summed E-state index contributed by atoms with van der Waals surface area (Å²) in [4.78, 5) is 13.9. The van der Waals surface area contributed by atoms with Crippen molar-refractivity contribution in [2.24, 2.45) is 11.1 Å². The second-order valence-electron chi connectivity index (χ2n) is 5.12. The van der Waals surface area contributed by atoms with Gasteiger partial charge >= 0.3 is 0 Å². The van der Waals surface area contributed by atoms with E-state index in [1.807, 2.05) is 6.92 Å². The Morgan fingerprint density at radius 1 is 1.58 bits per heavy atom. The fraction of sp³-hybridized carbons (Fsp3) is 0.462. The van der Waals surface area contributed by atoms with Crippen molar-refractivity contribution >= 4 is 29.9 Å². The minimum atomic E-state index is -0.536. The molecule has 0 bridgehead atoms. The van der Waals surface area contributed by atoms with Crippen molar-refractivity contribution in [1.29, 1.82) is 0 Å². The van der Waals surface area contributed by atoms with Crippen molar-refractivity contribution in [3.05, 3.63) is 34.6 Å². The molecule has 1 aliphatic heterocycles. The van der Waals surface area contributed by atoms with Crippen molar-refractivity contribution in [3.8, 4) is 0 Å². The van der Waals surface area contributed by atoms with E-state index in [0.29, 0.717) is 24.7 Å². The molecule has 0 spiro atoms. The van der Waals surface area contributed by atoms with E-state index in [1.165, 1.54) is 18.2 Å². The van der Waals surface area contributed by atoms with Gasteiger partial charge in [0, 0.05) is 18.1 Å². The quantitative estimate of drug-likeness (QED) is 0.913. The standard InChI is InChI=1S/C13H16ClFN2O.ClH/c1-13(7-16)4-5-17(8-13)12(18)10-6-9(14)2-3-11(10)15;/h2-3,6H,4-5,7-8,16H2,1H3;1H. The largest absolute Gasteiger partial charge is 0.338 e. The average Bonchev–Trinajstić information content (AvgIpc) is 2.75. The van der Waals surface area contributed by atoms with Crippen molar-refractivity contribution in [1.82, 2.24) is 4.90 Å². The molecule has 1 fully saturated rings. The first-order valence-electron chi connectivity index (χ1n) is 5.90. The molecule has 1 aliphatic rings. The highest BCUT2D eigenvalue weighted by Gasteiger charge is 2.35. The van der Waals surface area contributed by atoms with Crippen LogP contribution in [0, 0.1) is 11.2 Å². The molecule has 3 nitrogen and oxygen atoms in total. The first-order valence-corrected chi connectivity index (χ1v) is 6.27. The van der Waals surface area contributed by atoms with E-state index in [4.69, 9.17) is 17.3 Å². The normalized spacial score (nSPS) is 22.2. The van der Waals surface area contributed by atoms with Crippen LogP contribution in [0.2, 0.25) is 5.02 Å². The summed E-state index contributed by atoms with van der Waals surface area (Å²) in [6.45, 7) is 3.73. The van der Waals surface area contributed by atoms with E-state index in [0.717, 1.165) is 6.42 Å². The van der Waals surface area contributed by atoms with Crippen LogP contribution < -0.4 is 5.73 Å². The Labute approximate surface area is 123 Å². The van der Waals surface area contributed by atoms with Gasteiger partial charge in [-0.15, -0.1) is 12.4 Å². The van der Waals surface area contributed by atoms with Crippen LogP contribution in [0.5, 0.6) is 0 Å². The van der Waals surface area contributed by atoms with Crippen LogP contribution in [-0.2, 0) is 0 Å². The Morgan fingerprint density at radius 3 is 2.84 bits per heavy atom. The van der Waals surface area contributed by atoms with Gasteiger partial charge in [0.15, 0.2) is 0 Å². The molecule has 1 heterocycles. The molecule has 2 N–H and O–H groups in total. The maximum atomic E-state index is 13.6. The van der Waals surface area contributed by atoms with E-state index in [9.17, 15) is 9.18 Å². The van der Waals surface area contributed by atoms with Crippen molar-refractivity contribution in [3.63, 3.8) is 0 Å². The lowest BCUT2D eigenvalue weighted by atomic mass is 9.90. The zero-order valence-corrected chi connectivity index (χ0v) is 12.2. The molecular weight excluding hydrogens is 290 g/mol. The van der Waals surface area contributed by atoms with Gasteiger partial charge in [-0.3, -0.25) is 4.79 Å². The molecule has 0 radical (unpaired) electrons. The predicted molar refractivity (Wildman–Crippen MR) is 76.3 cm³/mol. The summed E-state index contributed by atoms with van der Waals surface area (Å²) >= 11 is 5.79. The molecule has 0 saturated carbocycles. The molecule has 6 heteroatoms. The summed E-state index contributed by atoms with van der Waals surface area (Å²) in [5.41, 5.74) is 5.66. The highest BCUT2D eigenvalue weighted by molar-refractivity contribution is 6.31. The lowest BCUT2D eigenvalue weighted by Gasteiger charge is -2.22. The van der Waals surface area contributed by atoms with E-state index < -0.39 is 5.82 Å². The number of amides is 1. The van der Waals surface area contributed by atoms with Crippen LogP contribution in [0.15, 0.2) is 18.2 Å². The zero-order valence-electron chi connectivity index (χ0n) is 10.7. The maximum absolute atomic E-state index is 13.6.